The number of rotatable bonds is 3. The van der Waals surface area contributed by atoms with Crippen LogP contribution in [-0.4, -0.2) is 36.5 Å². The highest BCUT2D eigenvalue weighted by Gasteiger charge is 2.21. The Balaban J connectivity index is 2.18. The van der Waals surface area contributed by atoms with Gasteiger partial charge in [-0.3, -0.25) is 4.99 Å². The Hall–Kier alpha value is -2.55. The van der Waals surface area contributed by atoms with Crippen LogP contribution in [0, 0.1) is 11.3 Å². The highest BCUT2D eigenvalue weighted by atomic mass is 16.5. The molecule has 0 spiro atoms. The third-order valence-electron chi connectivity index (χ3n) is 2.66. The molecule has 0 fully saturated rings. The molecule has 0 bridgehead atoms. The summed E-state index contributed by atoms with van der Waals surface area (Å²) in [6.07, 6.45) is 6.82. The predicted molar refractivity (Wildman–Crippen MR) is 69.7 cm³/mol. The number of aliphatic imine (C=N–C) groups is 1. The number of nitrogens with one attached hydrogen (secondary N) is 1. The number of esters is 1. The molecule has 6 heteroatoms. The Morgan fingerprint density at radius 2 is 2.58 bits per heavy atom. The molecule has 0 unspecified atom stereocenters. The van der Waals surface area contributed by atoms with E-state index in [1.54, 1.807) is 19.2 Å². The Bertz CT molecular complexity index is 537. The maximum absolute atomic E-state index is 11.5. The van der Waals surface area contributed by atoms with E-state index in [9.17, 15) is 4.79 Å². The molecule has 1 N–H and O–H groups in total. The molecule has 19 heavy (non-hydrogen) atoms. The van der Waals surface area contributed by atoms with Crippen molar-refractivity contribution in [3.05, 3.63) is 35.7 Å². The minimum atomic E-state index is -0.602. The van der Waals surface area contributed by atoms with Crippen molar-refractivity contribution in [2.75, 3.05) is 19.7 Å². The van der Waals surface area contributed by atoms with Crippen LogP contribution in [0.3, 0.4) is 0 Å². The molecule has 98 valence electrons. The van der Waals surface area contributed by atoms with E-state index in [0.29, 0.717) is 0 Å². The topological polar surface area (TPSA) is 77.7 Å². The minimum Gasteiger partial charge on any atom is -0.462 e. The zero-order chi connectivity index (χ0) is 13.7. The van der Waals surface area contributed by atoms with E-state index in [2.05, 4.69) is 10.3 Å². The average molecular weight is 258 g/mol. The lowest BCUT2D eigenvalue weighted by atomic mass is 10.2. The van der Waals surface area contributed by atoms with Crippen LogP contribution in [0.1, 0.15) is 6.92 Å². The first-order chi connectivity index (χ1) is 9.26. The number of ether oxygens (including phenoxy) is 1. The first kappa shape index (κ1) is 12.9. The molecule has 0 radical (unpaired) electrons. The Labute approximate surface area is 111 Å². The number of guanidine groups is 1. The third kappa shape index (κ3) is 2.83. The predicted octanol–water partition coefficient (Wildman–Crippen LogP) is 0.672. The van der Waals surface area contributed by atoms with Gasteiger partial charge in [0, 0.05) is 18.4 Å². The van der Waals surface area contributed by atoms with Gasteiger partial charge in [0.05, 0.1) is 13.2 Å². The Kier molecular flexibility index (Phi) is 3.98. The quantitative estimate of drug-likeness (QED) is 0.457. The first-order valence-electron chi connectivity index (χ1n) is 6.00. The van der Waals surface area contributed by atoms with Crippen molar-refractivity contribution in [3.63, 3.8) is 0 Å². The van der Waals surface area contributed by atoms with Gasteiger partial charge in [0.1, 0.15) is 11.6 Å². The Morgan fingerprint density at radius 3 is 3.32 bits per heavy atom. The van der Waals surface area contributed by atoms with Crippen LogP contribution in [0.5, 0.6) is 0 Å². The van der Waals surface area contributed by atoms with Crippen molar-refractivity contribution < 1.29 is 9.53 Å². The number of carbonyl (C=O) groups excluding carboxylic acids is 1. The van der Waals surface area contributed by atoms with E-state index < -0.39 is 5.97 Å². The fourth-order valence-corrected chi connectivity index (χ4v) is 1.79. The van der Waals surface area contributed by atoms with Gasteiger partial charge in [-0.05, 0) is 25.2 Å². The summed E-state index contributed by atoms with van der Waals surface area (Å²) in [6.45, 7) is 3.47. The monoisotopic (exact) mass is 258 g/mol. The molecule has 0 aromatic rings. The zero-order valence-electron chi connectivity index (χ0n) is 10.6. The van der Waals surface area contributed by atoms with Crippen molar-refractivity contribution in [1.29, 1.82) is 5.26 Å². The summed E-state index contributed by atoms with van der Waals surface area (Å²) in [4.78, 5) is 17.7. The molecule has 2 aliphatic heterocycles. The molecule has 2 aliphatic rings. The molecular formula is C13H14N4O2. The van der Waals surface area contributed by atoms with Crippen LogP contribution in [0.4, 0.5) is 0 Å². The van der Waals surface area contributed by atoms with Crippen LogP contribution >= 0.6 is 0 Å². The lowest BCUT2D eigenvalue weighted by Crippen LogP contribution is -2.37. The second-order valence-corrected chi connectivity index (χ2v) is 3.84. The largest absolute Gasteiger partial charge is 0.462 e. The van der Waals surface area contributed by atoms with Crippen LogP contribution < -0.4 is 5.32 Å². The van der Waals surface area contributed by atoms with Crippen molar-refractivity contribution in [1.82, 2.24) is 10.2 Å². The highest BCUT2D eigenvalue weighted by molar-refractivity contribution is 5.93. The second-order valence-electron chi connectivity index (χ2n) is 3.84. The third-order valence-corrected chi connectivity index (χ3v) is 2.66. The number of fused-ring (bicyclic) bond motifs is 1. The van der Waals surface area contributed by atoms with Gasteiger partial charge in [0.15, 0.2) is 0 Å². The highest BCUT2D eigenvalue weighted by Crippen LogP contribution is 2.15. The molecule has 2 rings (SSSR count). The number of carbonyl (C=O) groups is 1. The number of hydrogen-bond donors (Lipinski definition) is 1. The summed E-state index contributed by atoms with van der Waals surface area (Å²) in [7, 11) is 0. The van der Waals surface area contributed by atoms with Gasteiger partial charge in [-0.2, -0.15) is 5.26 Å². The van der Waals surface area contributed by atoms with Crippen molar-refractivity contribution in [2.45, 2.75) is 6.92 Å². The number of nitrogens with zero attached hydrogens (tertiary/aromatic N) is 3. The van der Waals surface area contributed by atoms with Crippen molar-refractivity contribution in [2.24, 2.45) is 4.99 Å². The van der Waals surface area contributed by atoms with Crippen LogP contribution in [0.15, 0.2) is 40.7 Å². The van der Waals surface area contributed by atoms with Gasteiger partial charge in [-0.1, -0.05) is 0 Å². The Morgan fingerprint density at radius 1 is 1.74 bits per heavy atom. The van der Waals surface area contributed by atoms with Crippen LogP contribution in [-0.2, 0) is 9.53 Å². The SMILES string of the molecule is CCOC(=O)C(C#N)=CC=C1C=CNC2=NCCN12. The molecule has 0 aromatic carbocycles. The van der Waals surface area contributed by atoms with Crippen molar-refractivity contribution in [3.8, 4) is 6.07 Å². The van der Waals surface area contributed by atoms with E-state index in [1.807, 2.05) is 17.0 Å². The summed E-state index contributed by atoms with van der Waals surface area (Å²) in [5.41, 5.74) is 0.867. The summed E-state index contributed by atoms with van der Waals surface area (Å²) >= 11 is 0. The maximum atomic E-state index is 11.5. The number of allylic oxidation sites excluding steroid dienone is 3. The number of nitriles is 1. The van der Waals surface area contributed by atoms with Gasteiger partial charge in [-0.25, -0.2) is 4.79 Å². The smallest absolute Gasteiger partial charge is 0.348 e. The van der Waals surface area contributed by atoms with E-state index in [4.69, 9.17) is 10.00 Å². The zero-order valence-corrected chi connectivity index (χ0v) is 10.6. The van der Waals surface area contributed by atoms with Gasteiger partial charge < -0.3 is 15.0 Å². The van der Waals surface area contributed by atoms with E-state index in [0.717, 1.165) is 24.7 Å². The van der Waals surface area contributed by atoms with Gasteiger partial charge in [-0.15, -0.1) is 0 Å². The normalized spacial score (nSPS) is 19.6. The average Bonchev–Trinajstić information content (AvgIpc) is 2.88. The van der Waals surface area contributed by atoms with E-state index in [1.165, 1.54) is 6.08 Å². The summed E-state index contributed by atoms with van der Waals surface area (Å²) in [5, 5.41) is 12.0. The lowest BCUT2D eigenvalue weighted by Gasteiger charge is -2.24. The lowest BCUT2D eigenvalue weighted by molar-refractivity contribution is -0.138. The minimum absolute atomic E-state index is 0.0148. The maximum Gasteiger partial charge on any atom is 0.348 e. The second kappa shape index (κ2) is 5.87. The van der Waals surface area contributed by atoms with E-state index in [-0.39, 0.29) is 12.2 Å². The molecule has 0 saturated heterocycles. The summed E-state index contributed by atoms with van der Waals surface area (Å²) in [5.74, 6) is 0.187. The summed E-state index contributed by atoms with van der Waals surface area (Å²) < 4.78 is 4.79. The molecule has 0 aromatic heterocycles. The van der Waals surface area contributed by atoms with Crippen LogP contribution in [0.2, 0.25) is 0 Å². The van der Waals surface area contributed by atoms with Gasteiger partial charge in [0.25, 0.3) is 0 Å². The van der Waals surface area contributed by atoms with Crippen LogP contribution in [0.25, 0.3) is 0 Å². The fraction of sp³-hybridized carbons (Fsp3) is 0.308. The molecule has 0 atom stereocenters. The van der Waals surface area contributed by atoms with Gasteiger partial charge in [0.2, 0.25) is 5.96 Å². The summed E-state index contributed by atoms with van der Waals surface area (Å²) in [6, 6.07) is 1.84. The standard InChI is InChI=1S/C13H14N4O2/c1-2-19-12(18)10(9-14)3-4-11-5-6-15-13-16-7-8-17(11)13/h3-6H,2,7-8H2,1H3,(H,15,16). The molecule has 2 heterocycles. The molecule has 0 aliphatic carbocycles. The molecule has 0 saturated carbocycles. The van der Waals surface area contributed by atoms with Gasteiger partial charge >= 0.3 is 5.97 Å². The molecule has 6 nitrogen and oxygen atoms in total. The molecule has 0 amide bonds. The van der Waals surface area contributed by atoms with Crippen molar-refractivity contribution >= 4 is 11.9 Å². The van der Waals surface area contributed by atoms with E-state index >= 15 is 0 Å². The first-order valence-corrected chi connectivity index (χ1v) is 6.00. The fourth-order valence-electron chi connectivity index (χ4n) is 1.79. The number of hydrogen-bond acceptors (Lipinski definition) is 6. The molecular weight excluding hydrogens is 244 g/mol.